The molecule has 3 aromatic carbocycles. The summed E-state index contributed by atoms with van der Waals surface area (Å²) in [4.78, 5) is 25.2. The maximum absolute atomic E-state index is 13.1. The van der Waals surface area contributed by atoms with Crippen molar-refractivity contribution in [1.82, 2.24) is 0 Å². The lowest BCUT2D eigenvalue weighted by Crippen LogP contribution is -2.27. The summed E-state index contributed by atoms with van der Waals surface area (Å²) in [7, 11) is 1.53. The van der Waals surface area contributed by atoms with Gasteiger partial charge >= 0.3 is 0 Å². The van der Waals surface area contributed by atoms with Gasteiger partial charge in [-0.05, 0) is 57.9 Å². The molecule has 0 bridgehead atoms. The molecular weight excluding hydrogens is 576 g/mol. The molecule has 0 aliphatic carbocycles. The number of nitro groups is 1. The van der Waals surface area contributed by atoms with Crippen LogP contribution in [0.1, 0.15) is 11.1 Å². The van der Waals surface area contributed by atoms with Gasteiger partial charge in [-0.25, -0.2) is 0 Å². The number of nitrogens with zero attached hydrogens (tertiary/aromatic N) is 2. The first-order valence-electron chi connectivity index (χ1n) is 10.0. The van der Waals surface area contributed by atoms with E-state index in [9.17, 15) is 14.9 Å². The maximum atomic E-state index is 13.1. The van der Waals surface area contributed by atoms with E-state index < -0.39 is 4.92 Å². The monoisotopic (exact) mass is 590 g/mol. The second-order valence-electron chi connectivity index (χ2n) is 7.20. The average Bonchev–Trinajstić information content (AvgIpc) is 3.11. The number of anilines is 1. The molecule has 0 N–H and O–H groups in total. The van der Waals surface area contributed by atoms with Crippen molar-refractivity contribution in [1.29, 1.82) is 0 Å². The minimum absolute atomic E-state index is 0.0662. The van der Waals surface area contributed by atoms with Gasteiger partial charge < -0.3 is 9.47 Å². The van der Waals surface area contributed by atoms with Gasteiger partial charge in [-0.3, -0.25) is 19.8 Å². The highest BCUT2D eigenvalue weighted by Gasteiger charge is 2.33. The molecule has 1 aliphatic rings. The van der Waals surface area contributed by atoms with Gasteiger partial charge in [-0.15, -0.1) is 0 Å². The molecule has 0 radical (unpaired) electrons. The normalized spacial score (nSPS) is 14.5. The van der Waals surface area contributed by atoms with E-state index >= 15 is 0 Å². The SMILES string of the molecule is COc1cc(/C=C2\SC(=S)N(c3ccc([N+](=O)[O-])cc3)C2=O)cc(Br)c1OCc1ccccc1Cl. The summed E-state index contributed by atoms with van der Waals surface area (Å²) in [5.41, 5.74) is 1.93. The number of thioether (sulfide) groups is 1. The average molecular weight is 592 g/mol. The Labute approximate surface area is 223 Å². The van der Waals surface area contributed by atoms with Gasteiger partial charge in [-0.2, -0.15) is 0 Å². The third kappa shape index (κ3) is 5.51. The Morgan fingerprint density at radius 1 is 1.20 bits per heavy atom. The van der Waals surface area contributed by atoms with Crippen LogP contribution in [-0.4, -0.2) is 22.3 Å². The Hall–Kier alpha value is -2.92. The number of methoxy groups -OCH3 is 1. The molecule has 0 unspecified atom stereocenters. The molecule has 7 nitrogen and oxygen atoms in total. The Bertz CT molecular complexity index is 1360. The number of halogens is 2. The maximum Gasteiger partial charge on any atom is 0.270 e. The fourth-order valence-corrected chi connectivity index (χ4v) is 5.36. The van der Waals surface area contributed by atoms with E-state index in [1.165, 1.54) is 36.3 Å². The molecule has 0 atom stereocenters. The fraction of sp³-hybridized carbons (Fsp3) is 0.0833. The van der Waals surface area contributed by atoms with Crippen LogP contribution in [0, 0.1) is 10.1 Å². The summed E-state index contributed by atoms with van der Waals surface area (Å²) in [6.45, 7) is 0.252. The summed E-state index contributed by atoms with van der Waals surface area (Å²) in [5.74, 6) is 0.662. The first-order chi connectivity index (χ1) is 16.8. The van der Waals surface area contributed by atoms with Crippen LogP contribution in [-0.2, 0) is 11.4 Å². The zero-order chi connectivity index (χ0) is 25.1. The number of ether oxygens (including phenoxy) is 2. The molecule has 11 heteroatoms. The van der Waals surface area contributed by atoms with E-state index in [1.54, 1.807) is 18.2 Å². The number of nitro benzene ring substituents is 1. The third-order valence-corrected chi connectivity index (χ3v) is 7.25. The fourth-order valence-electron chi connectivity index (χ4n) is 3.29. The van der Waals surface area contributed by atoms with E-state index in [0.717, 1.165) is 17.3 Å². The predicted octanol–water partition coefficient (Wildman–Crippen LogP) is 7.00. The lowest BCUT2D eigenvalue weighted by molar-refractivity contribution is -0.384. The molecule has 0 aromatic heterocycles. The zero-order valence-electron chi connectivity index (χ0n) is 18.1. The number of hydrogen-bond acceptors (Lipinski definition) is 7. The van der Waals surface area contributed by atoms with Crippen LogP contribution >= 0.6 is 51.5 Å². The van der Waals surface area contributed by atoms with Gasteiger partial charge in [0.15, 0.2) is 15.8 Å². The predicted molar refractivity (Wildman–Crippen MR) is 145 cm³/mol. The molecule has 35 heavy (non-hydrogen) atoms. The van der Waals surface area contributed by atoms with Gasteiger partial charge in [0.2, 0.25) is 0 Å². The lowest BCUT2D eigenvalue weighted by Gasteiger charge is -2.15. The molecule has 1 saturated heterocycles. The standard InChI is InChI=1S/C24H16BrClN2O5S2/c1-32-20-11-14(10-18(25)22(20)33-13-15-4-2-3-5-19(15)26)12-21-23(29)27(24(34)35-21)16-6-8-17(9-7-16)28(30)31/h2-12H,13H2,1H3/b21-12-. The second-order valence-corrected chi connectivity index (χ2v) is 10.1. The molecule has 1 fully saturated rings. The van der Waals surface area contributed by atoms with Crippen LogP contribution < -0.4 is 14.4 Å². The highest BCUT2D eigenvalue weighted by molar-refractivity contribution is 9.10. The molecule has 3 aromatic rings. The van der Waals surface area contributed by atoms with Gasteiger partial charge in [0.25, 0.3) is 11.6 Å². The van der Waals surface area contributed by atoms with E-state index in [4.69, 9.17) is 33.3 Å². The minimum atomic E-state index is -0.499. The van der Waals surface area contributed by atoms with Gasteiger partial charge in [0.05, 0.1) is 27.1 Å². The zero-order valence-corrected chi connectivity index (χ0v) is 22.0. The molecule has 0 spiro atoms. The molecule has 1 amide bonds. The van der Waals surface area contributed by atoms with E-state index in [1.807, 2.05) is 24.3 Å². The summed E-state index contributed by atoms with van der Waals surface area (Å²) in [6.07, 6.45) is 1.70. The number of rotatable bonds is 7. The quantitative estimate of drug-likeness (QED) is 0.127. The molecule has 0 saturated carbocycles. The van der Waals surface area contributed by atoms with Crippen molar-refractivity contribution in [3.63, 3.8) is 0 Å². The van der Waals surface area contributed by atoms with Crippen LogP contribution in [0.15, 0.2) is 70.0 Å². The summed E-state index contributed by atoms with van der Waals surface area (Å²) in [6, 6.07) is 16.6. The van der Waals surface area contributed by atoms with E-state index in [-0.39, 0.29) is 18.2 Å². The number of carbonyl (C=O) groups excluding carboxylic acids is 1. The summed E-state index contributed by atoms with van der Waals surface area (Å²) < 4.78 is 12.5. The summed E-state index contributed by atoms with van der Waals surface area (Å²) in [5, 5.41) is 11.5. The van der Waals surface area contributed by atoms with Crippen LogP contribution in [0.4, 0.5) is 11.4 Å². The van der Waals surface area contributed by atoms with Crippen molar-refractivity contribution in [3.05, 3.63) is 96.3 Å². The number of thiocarbonyl (C=S) groups is 1. The first-order valence-corrected chi connectivity index (χ1v) is 12.4. The molecule has 1 aliphatic heterocycles. The van der Waals surface area contributed by atoms with Crippen LogP contribution in [0.3, 0.4) is 0 Å². The molecule has 4 rings (SSSR count). The number of benzene rings is 3. The van der Waals surface area contributed by atoms with Crippen molar-refractivity contribution < 1.29 is 19.2 Å². The van der Waals surface area contributed by atoms with Crippen LogP contribution in [0.25, 0.3) is 6.08 Å². The second kappa shape index (κ2) is 10.8. The minimum Gasteiger partial charge on any atom is -0.493 e. The van der Waals surface area contributed by atoms with E-state index in [0.29, 0.717) is 41.5 Å². The number of hydrogen-bond donors (Lipinski definition) is 0. The van der Waals surface area contributed by atoms with Crippen LogP contribution in [0.2, 0.25) is 5.02 Å². The highest BCUT2D eigenvalue weighted by atomic mass is 79.9. The lowest BCUT2D eigenvalue weighted by atomic mass is 10.1. The largest absolute Gasteiger partial charge is 0.493 e. The Morgan fingerprint density at radius 3 is 2.57 bits per heavy atom. The van der Waals surface area contributed by atoms with Crippen molar-refractivity contribution in [2.75, 3.05) is 12.0 Å². The van der Waals surface area contributed by atoms with Gasteiger partial charge in [-0.1, -0.05) is 53.8 Å². The number of non-ortho nitro benzene ring substituents is 1. The Balaban J connectivity index is 1.57. The number of amides is 1. The third-order valence-electron chi connectivity index (χ3n) is 4.99. The van der Waals surface area contributed by atoms with Crippen molar-refractivity contribution >= 4 is 79.2 Å². The van der Waals surface area contributed by atoms with Crippen molar-refractivity contribution in [3.8, 4) is 11.5 Å². The molecular formula is C24H16BrClN2O5S2. The topological polar surface area (TPSA) is 81.9 Å². The van der Waals surface area contributed by atoms with Gasteiger partial charge in [0, 0.05) is 22.7 Å². The number of carbonyl (C=O) groups is 1. The first kappa shape index (κ1) is 25.2. The molecule has 1 heterocycles. The molecule has 178 valence electrons. The van der Waals surface area contributed by atoms with Gasteiger partial charge in [0.1, 0.15) is 6.61 Å². The smallest absolute Gasteiger partial charge is 0.270 e. The van der Waals surface area contributed by atoms with Crippen LogP contribution in [0.5, 0.6) is 11.5 Å². The van der Waals surface area contributed by atoms with Crippen molar-refractivity contribution in [2.24, 2.45) is 0 Å². The Kier molecular flexibility index (Phi) is 7.75. The highest BCUT2D eigenvalue weighted by Crippen LogP contribution is 2.40. The van der Waals surface area contributed by atoms with E-state index in [2.05, 4.69) is 15.9 Å². The van der Waals surface area contributed by atoms with Crippen molar-refractivity contribution in [2.45, 2.75) is 6.61 Å². The Morgan fingerprint density at radius 2 is 1.91 bits per heavy atom. The summed E-state index contributed by atoms with van der Waals surface area (Å²) >= 11 is 16.3.